The van der Waals surface area contributed by atoms with Gasteiger partial charge in [0.05, 0.1) is 0 Å². The molecule has 0 unspecified atom stereocenters. The lowest BCUT2D eigenvalue weighted by Gasteiger charge is -2.10. The average Bonchev–Trinajstić information content (AvgIpc) is 2.25. The Morgan fingerprint density at radius 1 is 1.33 bits per heavy atom. The minimum Gasteiger partial charge on any atom is -0.389 e. The van der Waals surface area contributed by atoms with Crippen molar-refractivity contribution in [3.8, 4) is 0 Å². The van der Waals surface area contributed by atoms with E-state index in [0.717, 1.165) is 17.8 Å². The van der Waals surface area contributed by atoms with Crippen LogP contribution in [0.4, 0.5) is 5.69 Å². The van der Waals surface area contributed by atoms with Gasteiger partial charge in [-0.2, -0.15) is 0 Å². The Kier molecular flexibility index (Phi) is 5.12. The van der Waals surface area contributed by atoms with Crippen LogP contribution in [-0.4, -0.2) is 11.5 Å². The second-order valence-electron chi connectivity index (χ2n) is 3.54. The predicted molar refractivity (Wildman–Crippen MR) is 70.3 cm³/mol. The van der Waals surface area contributed by atoms with Crippen molar-refractivity contribution in [1.82, 2.24) is 0 Å². The van der Waals surface area contributed by atoms with Crippen molar-refractivity contribution in [3.05, 3.63) is 29.8 Å². The summed E-state index contributed by atoms with van der Waals surface area (Å²) in [5.41, 5.74) is 7.61. The van der Waals surface area contributed by atoms with Gasteiger partial charge in [0, 0.05) is 17.8 Å². The summed E-state index contributed by atoms with van der Waals surface area (Å²) in [5.74, 6) is 0. The topological polar surface area (TPSA) is 38.0 Å². The molecule has 0 fully saturated rings. The summed E-state index contributed by atoms with van der Waals surface area (Å²) in [6.45, 7) is 3.18. The molecule has 0 saturated heterocycles. The molecule has 0 heterocycles. The maximum atomic E-state index is 5.64. The number of rotatable bonds is 6. The number of thiocarbonyl (C=S) groups is 1. The maximum absolute atomic E-state index is 5.64. The average molecular weight is 222 g/mol. The number of hydrogen-bond donors (Lipinski definition) is 2. The van der Waals surface area contributed by atoms with E-state index in [1.807, 2.05) is 24.3 Å². The number of para-hydroxylation sites is 1. The van der Waals surface area contributed by atoms with Gasteiger partial charge in [0.15, 0.2) is 0 Å². The lowest BCUT2D eigenvalue weighted by molar-refractivity contribution is 0.744. The summed E-state index contributed by atoms with van der Waals surface area (Å²) in [7, 11) is 0. The molecule has 82 valence electrons. The normalized spacial score (nSPS) is 9.93. The quantitative estimate of drug-likeness (QED) is 0.574. The second kappa shape index (κ2) is 6.40. The summed E-state index contributed by atoms with van der Waals surface area (Å²) in [6.07, 6.45) is 3.67. The molecule has 1 aromatic rings. The fourth-order valence-corrected chi connectivity index (χ4v) is 1.63. The van der Waals surface area contributed by atoms with E-state index in [2.05, 4.69) is 12.2 Å². The van der Waals surface area contributed by atoms with E-state index in [4.69, 9.17) is 18.0 Å². The summed E-state index contributed by atoms with van der Waals surface area (Å²) < 4.78 is 0. The van der Waals surface area contributed by atoms with Crippen LogP contribution in [0, 0.1) is 0 Å². The Morgan fingerprint density at radius 2 is 2.07 bits per heavy atom. The lowest BCUT2D eigenvalue weighted by atomic mass is 10.1. The van der Waals surface area contributed by atoms with Gasteiger partial charge >= 0.3 is 0 Å². The van der Waals surface area contributed by atoms with Crippen molar-refractivity contribution in [2.24, 2.45) is 5.73 Å². The van der Waals surface area contributed by atoms with Crippen molar-refractivity contribution in [1.29, 1.82) is 0 Å². The fraction of sp³-hybridized carbons (Fsp3) is 0.417. The zero-order chi connectivity index (χ0) is 11.1. The van der Waals surface area contributed by atoms with Crippen molar-refractivity contribution in [3.63, 3.8) is 0 Å². The number of hydrogen-bond acceptors (Lipinski definition) is 2. The Labute approximate surface area is 96.9 Å². The summed E-state index contributed by atoms with van der Waals surface area (Å²) in [4.78, 5) is 0.452. The zero-order valence-electron chi connectivity index (χ0n) is 9.12. The standard InChI is InChI=1S/C12H18N2S/c1-2-3-6-9-14-11-8-5-4-7-10(11)12(13)15/h4-5,7-8,14H,2-3,6,9H2,1H3,(H2,13,15). The third-order valence-corrected chi connectivity index (χ3v) is 2.51. The molecular formula is C12H18N2S. The highest BCUT2D eigenvalue weighted by Gasteiger charge is 2.02. The first kappa shape index (κ1) is 12.0. The number of anilines is 1. The fourth-order valence-electron chi connectivity index (χ4n) is 1.45. The van der Waals surface area contributed by atoms with Crippen molar-refractivity contribution >= 4 is 22.9 Å². The SMILES string of the molecule is CCCCCNc1ccccc1C(N)=S. The third kappa shape index (κ3) is 3.88. The van der Waals surface area contributed by atoms with Gasteiger partial charge in [-0.1, -0.05) is 44.1 Å². The van der Waals surface area contributed by atoms with Crippen LogP contribution >= 0.6 is 12.2 Å². The molecule has 0 bridgehead atoms. The van der Waals surface area contributed by atoms with Crippen LogP contribution in [0.5, 0.6) is 0 Å². The first-order valence-electron chi connectivity index (χ1n) is 5.38. The number of nitrogens with one attached hydrogen (secondary N) is 1. The number of nitrogens with two attached hydrogens (primary N) is 1. The Hall–Kier alpha value is -1.09. The highest BCUT2D eigenvalue weighted by Crippen LogP contribution is 2.14. The molecule has 0 atom stereocenters. The molecule has 0 radical (unpaired) electrons. The largest absolute Gasteiger partial charge is 0.389 e. The van der Waals surface area contributed by atoms with E-state index in [9.17, 15) is 0 Å². The Morgan fingerprint density at radius 3 is 2.73 bits per heavy atom. The first-order chi connectivity index (χ1) is 7.25. The van der Waals surface area contributed by atoms with Crippen LogP contribution in [0.1, 0.15) is 31.7 Å². The molecule has 0 aliphatic heterocycles. The van der Waals surface area contributed by atoms with Gasteiger partial charge in [-0.25, -0.2) is 0 Å². The zero-order valence-corrected chi connectivity index (χ0v) is 9.94. The molecular weight excluding hydrogens is 204 g/mol. The van der Waals surface area contributed by atoms with E-state index >= 15 is 0 Å². The molecule has 2 nitrogen and oxygen atoms in total. The second-order valence-corrected chi connectivity index (χ2v) is 3.98. The van der Waals surface area contributed by atoms with E-state index in [1.165, 1.54) is 19.3 Å². The van der Waals surface area contributed by atoms with E-state index in [0.29, 0.717) is 4.99 Å². The number of unbranched alkanes of at least 4 members (excludes halogenated alkanes) is 2. The smallest absolute Gasteiger partial charge is 0.106 e. The predicted octanol–water partition coefficient (Wildman–Crippen LogP) is 2.92. The van der Waals surface area contributed by atoms with Crippen molar-refractivity contribution < 1.29 is 0 Å². The van der Waals surface area contributed by atoms with E-state index < -0.39 is 0 Å². The molecule has 0 aliphatic carbocycles. The third-order valence-electron chi connectivity index (χ3n) is 2.29. The van der Waals surface area contributed by atoms with Crippen LogP contribution in [0.2, 0.25) is 0 Å². The van der Waals surface area contributed by atoms with Gasteiger partial charge in [-0.15, -0.1) is 0 Å². The first-order valence-corrected chi connectivity index (χ1v) is 5.79. The molecule has 0 amide bonds. The molecule has 15 heavy (non-hydrogen) atoms. The van der Waals surface area contributed by atoms with Gasteiger partial charge in [0.2, 0.25) is 0 Å². The molecule has 0 saturated carbocycles. The summed E-state index contributed by atoms with van der Waals surface area (Å²) in [6, 6.07) is 7.90. The van der Waals surface area contributed by atoms with Crippen LogP contribution < -0.4 is 11.1 Å². The lowest BCUT2D eigenvalue weighted by Crippen LogP contribution is -2.13. The summed E-state index contributed by atoms with van der Waals surface area (Å²) >= 11 is 4.99. The van der Waals surface area contributed by atoms with Gasteiger partial charge in [0.1, 0.15) is 4.99 Å². The molecule has 0 aliphatic rings. The van der Waals surface area contributed by atoms with E-state index in [-0.39, 0.29) is 0 Å². The van der Waals surface area contributed by atoms with Gasteiger partial charge in [0.25, 0.3) is 0 Å². The number of benzene rings is 1. The molecule has 1 rings (SSSR count). The molecule has 3 heteroatoms. The minimum absolute atomic E-state index is 0.452. The monoisotopic (exact) mass is 222 g/mol. The van der Waals surface area contributed by atoms with Crippen molar-refractivity contribution in [2.45, 2.75) is 26.2 Å². The molecule has 1 aromatic carbocycles. The highest BCUT2D eigenvalue weighted by molar-refractivity contribution is 7.80. The molecule has 0 spiro atoms. The van der Waals surface area contributed by atoms with Crippen LogP contribution in [0.15, 0.2) is 24.3 Å². The highest BCUT2D eigenvalue weighted by atomic mass is 32.1. The molecule has 3 N–H and O–H groups in total. The van der Waals surface area contributed by atoms with Crippen molar-refractivity contribution in [2.75, 3.05) is 11.9 Å². The minimum atomic E-state index is 0.452. The maximum Gasteiger partial charge on any atom is 0.106 e. The molecule has 0 aromatic heterocycles. The van der Waals surface area contributed by atoms with Crippen LogP contribution in [0.3, 0.4) is 0 Å². The van der Waals surface area contributed by atoms with Crippen LogP contribution in [-0.2, 0) is 0 Å². The van der Waals surface area contributed by atoms with Gasteiger partial charge in [-0.3, -0.25) is 0 Å². The Bertz CT molecular complexity index is 323. The summed E-state index contributed by atoms with van der Waals surface area (Å²) in [5, 5.41) is 3.36. The Balaban J connectivity index is 2.56. The van der Waals surface area contributed by atoms with Gasteiger partial charge < -0.3 is 11.1 Å². The van der Waals surface area contributed by atoms with Gasteiger partial charge in [-0.05, 0) is 18.6 Å². The van der Waals surface area contributed by atoms with E-state index in [1.54, 1.807) is 0 Å². The van der Waals surface area contributed by atoms with Crippen LogP contribution in [0.25, 0.3) is 0 Å².